The summed E-state index contributed by atoms with van der Waals surface area (Å²) in [6.07, 6.45) is 0. The van der Waals surface area contributed by atoms with Crippen LogP contribution >= 0.6 is 0 Å². The maximum absolute atomic E-state index is 12.8. The number of carbonyl (C=O) groups excluding carboxylic acids is 1. The Hall–Kier alpha value is -2.36. The molecule has 0 saturated carbocycles. The van der Waals surface area contributed by atoms with Crippen molar-refractivity contribution >= 4 is 11.6 Å². The molecule has 0 saturated heterocycles. The van der Waals surface area contributed by atoms with E-state index in [1.165, 1.54) is 31.2 Å². The normalized spacial score (nSPS) is 9.89. The summed E-state index contributed by atoms with van der Waals surface area (Å²) in [5.74, 6) is 0.524. The molecule has 0 heterocycles. The Kier molecular flexibility index (Phi) is 3.57. The molecule has 1 N–H and O–H groups in total. The molecule has 0 spiro atoms. The molecule has 3 nitrogen and oxygen atoms in total. The Labute approximate surface area is 104 Å². The predicted molar refractivity (Wildman–Crippen MR) is 67.2 cm³/mol. The van der Waals surface area contributed by atoms with Crippen LogP contribution in [-0.4, -0.2) is 5.91 Å². The topological polar surface area (TPSA) is 38.3 Å². The molecule has 0 aromatic heterocycles. The molecule has 0 radical (unpaired) electrons. The first-order valence-corrected chi connectivity index (χ1v) is 5.45. The van der Waals surface area contributed by atoms with E-state index in [9.17, 15) is 9.18 Å². The highest BCUT2D eigenvalue weighted by atomic mass is 19.1. The minimum atomic E-state index is -0.322. The number of rotatable bonds is 3. The summed E-state index contributed by atoms with van der Waals surface area (Å²) in [6.45, 7) is 1.43. The third-order valence-electron chi connectivity index (χ3n) is 2.24. The maximum atomic E-state index is 12.8. The van der Waals surface area contributed by atoms with Gasteiger partial charge in [0, 0.05) is 6.92 Å². The van der Waals surface area contributed by atoms with E-state index in [2.05, 4.69) is 5.32 Å². The molecule has 2 aromatic rings. The van der Waals surface area contributed by atoms with Gasteiger partial charge in [-0.05, 0) is 36.4 Å². The van der Waals surface area contributed by atoms with Gasteiger partial charge in [0.1, 0.15) is 11.6 Å². The van der Waals surface area contributed by atoms with Gasteiger partial charge in [0.15, 0.2) is 5.75 Å². The highest BCUT2D eigenvalue weighted by Crippen LogP contribution is 2.29. The number of amides is 1. The summed E-state index contributed by atoms with van der Waals surface area (Å²) < 4.78 is 18.3. The maximum Gasteiger partial charge on any atom is 0.221 e. The summed E-state index contributed by atoms with van der Waals surface area (Å²) in [6, 6.07) is 12.7. The van der Waals surface area contributed by atoms with Gasteiger partial charge in [-0.15, -0.1) is 0 Å². The number of anilines is 1. The predicted octanol–water partition coefficient (Wildman–Crippen LogP) is 3.58. The van der Waals surface area contributed by atoms with E-state index < -0.39 is 0 Å². The Balaban J connectivity index is 2.23. The molecule has 2 rings (SSSR count). The van der Waals surface area contributed by atoms with E-state index >= 15 is 0 Å². The Morgan fingerprint density at radius 2 is 1.78 bits per heavy atom. The standard InChI is InChI=1S/C14H12FNO2/c1-10(17)16-13-4-2-3-5-14(13)18-12-8-6-11(15)7-9-12/h2-9H,1H3,(H,16,17). The molecule has 0 fully saturated rings. The summed E-state index contributed by atoms with van der Waals surface area (Å²) in [5.41, 5.74) is 0.578. The second kappa shape index (κ2) is 5.31. The van der Waals surface area contributed by atoms with Crippen molar-refractivity contribution in [1.82, 2.24) is 0 Å². The van der Waals surface area contributed by atoms with Crippen LogP contribution in [0.15, 0.2) is 48.5 Å². The molecule has 0 aliphatic heterocycles. The van der Waals surface area contributed by atoms with Crippen LogP contribution in [0.25, 0.3) is 0 Å². The van der Waals surface area contributed by atoms with Crippen molar-refractivity contribution in [3.8, 4) is 11.5 Å². The largest absolute Gasteiger partial charge is 0.455 e. The van der Waals surface area contributed by atoms with Crippen molar-refractivity contribution in [2.75, 3.05) is 5.32 Å². The van der Waals surface area contributed by atoms with Gasteiger partial charge in [-0.3, -0.25) is 4.79 Å². The fourth-order valence-corrected chi connectivity index (χ4v) is 1.48. The number of hydrogen-bond donors (Lipinski definition) is 1. The van der Waals surface area contributed by atoms with Crippen molar-refractivity contribution in [2.45, 2.75) is 6.92 Å². The zero-order chi connectivity index (χ0) is 13.0. The minimum Gasteiger partial charge on any atom is -0.455 e. The molecule has 92 valence electrons. The van der Waals surface area contributed by atoms with Gasteiger partial charge in [-0.1, -0.05) is 12.1 Å². The zero-order valence-corrected chi connectivity index (χ0v) is 9.81. The highest BCUT2D eigenvalue weighted by molar-refractivity contribution is 5.90. The van der Waals surface area contributed by atoms with Crippen molar-refractivity contribution < 1.29 is 13.9 Å². The van der Waals surface area contributed by atoms with Crippen LogP contribution in [0.4, 0.5) is 10.1 Å². The highest BCUT2D eigenvalue weighted by Gasteiger charge is 2.05. The van der Waals surface area contributed by atoms with Crippen LogP contribution in [-0.2, 0) is 4.79 Å². The summed E-state index contributed by atoms with van der Waals surface area (Å²) >= 11 is 0. The van der Waals surface area contributed by atoms with Crippen LogP contribution in [0, 0.1) is 5.82 Å². The first kappa shape index (κ1) is 12.1. The SMILES string of the molecule is CC(=O)Nc1ccccc1Oc1ccc(F)cc1. The molecular formula is C14H12FNO2. The molecule has 4 heteroatoms. The molecule has 0 unspecified atom stereocenters. The number of halogens is 1. The number of carbonyl (C=O) groups is 1. The lowest BCUT2D eigenvalue weighted by molar-refractivity contribution is -0.114. The monoisotopic (exact) mass is 245 g/mol. The van der Waals surface area contributed by atoms with E-state index in [4.69, 9.17) is 4.74 Å². The number of para-hydroxylation sites is 2. The van der Waals surface area contributed by atoms with Gasteiger partial charge in [0.2, 0.25) is 5.91 Å². The van der Waals surface area contributed by atoms with Crippen LogP contribution in [0.2, 0.25) is 0 Å². The minimum absolute atomic E-state index is 0.176. The van der Waals surface area contributed by atoms with E-state index in [1.54, 1.807) is 24.3 Å². The molecule has 0 bridgehead atoms. The summed E-state index contributed by atoms with van der Waals surface area (Å²) in [7, 11) is 0. The van der Waals surface area contributed by atoms with Crippen molar-refractivity contribution in [2.24, 2.45) is 0 Å². The van der Waals surface area contributed by atoms with Gasteiger partial charge in [0.25, 0.3) is 0 Å². The number of nitrogens with one attached hydrogen (secondary N) is 1. The van der Waals surface area contributed by atoms with Crippen LogP contribution in [0.3, 0.4) is 0 Å². The quantitative estimate of drug-likeness (QED) is 0.897. The van der Waals surface area contributed by atoms with Crippen molar-refractivity contribution in [3.05, 3.63) is 54.3 Å². The fourth-order valence-electron chi connectivity index (χ4n) is 1.48. The Morgan fingerprint density at radius 3 is 2.44 bits per heavy atom. The van der Waals surface area contributed by atoms with E-state index in [0.717, 1.165) is 0 Å². The first-order chi connectivity index (χ1) is 8.65. The molecule has 0 aliphatic carbocycles. The lowest BCUT2D eigenvalue weighted by atomic mass is 10.3. The molecule has 0 aliphatic rings. The first-order valence-electron chi connectivity index (χ1n) is 5.45. The van der Waals surface area contributed by atoms with E-state index in [-0.39, 0.29) is 11.7 Å². The molecule has 18 heavy (non-hydrogen) atoms. The lowest BCUT2D eigenvalue weighted by Crippen LogP contribution is -2.06. The zero-order valence-electron chi connectivity index (χ0n) is 9.81. The van der Waals surface area contributed by atoms with Crippen LogP contribution in [0.5, 0.6) is 11.5 Å². The Bertz CT molecular complexity index is 552. The fraction of sp³-hybridized carbons (Fsp3) is 0.0714. The average molecular weight is 245 g/mol. The lowest BCUT2D eigenvalue weighted by Gasteiger charge is -2.11. The third kappa shape index (κ3) is 3.07. The number of benzene rings is 2. The third-order valence-corrected chi connectivity index (χ3v) is 2.24. The summed E-state index contributed by atoms with van der Waals surface area (Å²) in [5, 5.41) is 2.67. The molecular weight excluding hydrogens is 233 g/mol. The van der Waals surface area contributed by atoms with Gasteiger partial charge in [0.05, 0.1) is 5.69 Å². The van der Waals surface area contributed by atoms with Crippen molar-refractivity contribution in [3.63, 3.8) is 0 Å². The van der Waals surface area contributed by atoms with Crippen LogP contribution < -0.4 is 10.1 Å². The van der Waals surface area contributed by atoms with Crippen molar-refractivity contribution in [1.29, 1.82) is 0 Å². The van der Waals surface area contributed by atoms with Gasteiger partial charge < -0.3 is 10.1 Å². The smallest absolute Gasteiger partial charge is 0.221 e. The van der Waals surface area contributed by atoms with E-state index in [0.29, 0.717) is 17.2 Å². The molecule has 1 amide bonds. The summed E-state index contributed by atoms with van der Waals surface area (Å²) in [4.78, 5) is 11.0. The Morgan fingerprint density at radius 1 is 1.11 bits per heavy atom. The van der Waals surface area contributed by atoms with Gasteiger partial charge in [-0.25, -0.2) is 4.39 Å². The van der Waals surface area contributed by atoms with Gasteiger partial charge >= 0.3 is 0 Å². The van der Waals surface area contributed by atoms with E-state index in [1.807, 2.05) is 0 Å². The molecule has 2 aromatic carbocycles. The number of ether oxygens (including phenoxy) is 1. The molecule has 0 atom stereocenters. The van der Waals surface area contributed by atoms with Crippen LogP contribution in [0.1, 0.15) is 6.92 Å². The van der Waals surface area contributed by atoms with Gasteiger partial charge in [-0.2, -0.15) is 0 Å². The second-order valence-electron chi connectivity index (χ2n) is 3.73. The second-order valence-corrected chi connectivity index (χ2v) is 3.73. The number of hydrogen-bond acceptors (Lipinski definition) is 2. The average Bonchev–Trinajstić information content (AvgIpc) is 2.34.